The number of allylic oxidation sites excluding steroid dienone is 2. The first-order valence-corrected chi connectivity index (χ1v) is 13.4. The van der Waals surface area contributed by atoms with E-state index >= 15 is 0 Å². The summed E-state index contributed by atoms with van der Waals surface area (Å²) in [6.07, 6.45) is 10.00. The third kappa shape index (κ3) is 3.51. The number of hydrogen-bond donors (Lipinski definition) is 1. The van der Waals surface area contributed by atoms with E-state index in [1.807, 2.05) is 5.57 Å². The zero-order valence-corrected chi connectivity index (χ0v) is 20.7. The molecule has 33 heavy (non-hydrogen) atoms. The average Bonchev–Trinajstić information content (AvgIpc) is 3.42. The Bertz CT molecular complexity index is 902. The predicted molar refractivity (Wildman–Crippen MR) is 130 cm³/mol. The highest BCUT2D eigenvalue weighted by Gasteiger charge is 2.57. The Hall–Kier alpha value is -1.36. The van der Waals surface area contributed by atoms with Gasteiger partial charge in [0.2, 0.25) is 0 Å². The molecular weight excluding hydrogens is 410 g/mol. The van der Waals surface area contributed by atoms with Gasteiger partial charge >= 0.3 is 0 Å². The predicted octanol–water partition coefficient (Wildman–Crippen LogP) is 5.68. The molecular formula is C29H41NO3. The van der Waals surface area contributed by atoms with Crippen molar-refractivity contribution in [3.63, 3.8) is 0 Å². The maximum atomic E-state index is 6.16. The highest BCUT2D eigenvalue weighted by molar-refractivity contribution is 5.42. The molecule has 6 atom stereocenters. The van der Waals surface area contributed by atoms with E-state index in [2.05, 4.69) is 43.6 Å². The van der Waals surface area contributed by atoms with Crippen molar-refractivity contribution in [2.24, 2.45) is 29.1 Å². The van der Waals surface area contributed by atoms with Gasteiger partial charge in [-0.2, -0.15) is 0 Å². The molecule has 0 bridgehead atoms. The van der Waals surface area contributed by atoms with Gasteiger partial charge in [0.25, 0.3) is 0 Å². The lowest BCUT2D eigenvalue weighted by Crippen LogP contribution is -2.47. The van der Waals surface area contributed by atoms with E-state index in [-0.39, 0.29) is 5.79 Å². The van der Waals surface area contributed by atoms with Crippen molar-refractivity contribution >= 4 is 0 Å². The van der Waals surface area contributed by atoms with Crippen molar-refractivity contribution < 1.29 is 14.2 Å². The molecule has 4 aliphatic carbocycles. The first-order chi connectivity index (χ1) is 16.1. The summed E-state index contributed by atoms with van der Waals surface area (Å²) >= 11 is 0. The largest absolute Gasteiger partial charge is 0.497 e. The van der Waals surface area contributed by atoms with Crippen LogP contribution in [0.5, 0.6) is 5.75 Å². The fourth-order valence-corrected chi connectivity index (χ4v) is 8.81. The van der Waals surface area contributed by atoms with Gasteiger partial charge in [0.15, 0.2) is 5.79 Å². The molecule has 1 aromatic rings. The van der Waals surface area contributed by atoms with Gasteiger partial charge in [0.1, 0.15) is 5.75 Å². The molecule has 4 fully saturated rings. The number of hydrogen-bond acceptors (Lipinski definition) is 4. The van der Waals surface area contributed by atoms with Crippen LogP contribution >= 0.6 is 0 Å². The third-order valence-corrected chi connectivity index (χ3v) is 10.3. The number of ether oxygens (including phenoxy) is 3. The monoisotopic (exact) mass is 451 g/mol. The maximum absolute atomic E-state index is 6.16. The zero-order chi connectivity index (χ0) is 22.6. The van der Waals surface area contributed by atoms with Crippen LogP contribution in [0.1, 0.15) is 69.8 Å². The van der Waals surface area contributed by atoms with Gasteiger partial charge in [0, 0.05) is 18.8 Å². The van der Waals surface area contributed by atoms with Crippen molar-refractivity contribution in [1.82, 2.24) is 5.32 Å². The Morgan fingerprint density at radius 1 is 1.03 bits per heavy atom. The normalized spacial score (nSPS) is 39.3. The lowest BCUT2D eigenvalue weighted by Gasteiger charge is -2.54. The molecule has 5 aliphatic rings. The summed E-state index contributed by atoms with van der Waals surface area (Å²) in [5, 5.41) is 3.53. The fraction of sp³-hybridized carbons (Fsp3) is 0.724. The summed E-state index contributed by atoms with van der Waals surface area (Å²) in [6.45, 7) is 5.32. The summed E-state index contributed by atoms with van der Waals surface area (Å²) in [6, 6.07) is 9.02. The molecule has 180 valence electrons. The summed E-state index contributed by atoms with van der Waals surface area (Å²) in [7, 11) is 3.89. The van der Waals surface area contributed by atoms with Gasteiger partial charge in [-0.05, 0) is 98.9 Å². The minimum atomic E-state index is -0.286. The summed E-state index contributed by atoms with van der Waals surface area (Å²) < 4.78 is 17.8. The van der Waals surface area contributed by atoms with Gasteiger partial charge in [0.05, 0.1) is 20.3 Å². The van der Waals surface area contributed by atoms with Crippen molar-refractivity contribution in [3.05, 3.63) is 41.0 Å². The molecule has 0 radical (unpaired) electrons. The van der Waals surface area contributed by atoms with Gasteiger partial charge in [-0.1, -0.05) is 30.2 Å². The Kier molecular flexibility index (Phi) is 5.63. The molecule has 3 saturated carbocycles. The van der Waals surface area contributed by atoms with Gasteiger partial charge in [-0.15, -0.1) is 0 Å². The van der Waals surface area contributed by atoms with Crippen molar-refractivity contribution in [2.75, 3.05) is 33.9 Å². The Morgan fingerprint density at radius 2 is 1.82 bits per heavy atom. The van der Waals surface area contributed by atoms with E-state index in [0.717, 1.165) is 62.5 Å². The van der Waals surface area contributed by atoms with Crippen LogP contribution in [-0.2, 0) is 9.47 Å². The van der Waals surface area contributed by atoms with Crippen LogP contribution in [0.3, 0.4) is 0 Å². The molecule has 0 amide bonds. The first-order valence-electron chi connectivity index (χ1n) is 13.4. The second-order valence-corrected chi connectivity index (χ2v) is 11.6. The smallest absolute Gasteiger partial charge is 0.169 e. The average molecular weight is 452 g/mol. The van der Waals surface area contributed by atoms with Crippen molar-refractivity contribution in [3.8, 4) is 5.75 Å². The lowest BCUT2D eigenvalue weighted by molar-refractivity contribution is -0.181. The number of fused-ring (bicyclic) bond motifs is 4. The van der Waals surface area contributed by atoms with Crippen LogP contribution < -0.4 is 10.1 Å². The molecule has 1 N–H and O–H groups in total. The van der Waals surface area contributed by atoms with Crippen LogP contribution in [0, 0.1) is 29.1 Å². The third-order valence-electron chi connectivity index (χ3n) is 10.3. The van der Waals surface area contributed by atoms with E-state index in [9.17, 15) is 0 Å². The summed E-state index contributed by atoms with van der Waals surface area (Å²) in [5.74, 6) is 4.23. The molecule has 0 unspecified atom stereocenters. The SMILES string of the molecule is CNC[C@@H]1CC[C@H]2[C@@H]3CC[C@H]4CC5(CCC4=C3[C@@H](c3ccc(OC)cc3)C[C@]12C)OCCO5. The number of methoxy groups -OCH3 is 1. The van der Waals surface area contributed by atoms with E-state index < -0.39 is 0 Å². The lowest BCUT2D eigenvalue weighted by atomic mass is 9.51. The Morgan fingerprint density at radius 3 is 2.55 bits per heavy atom. The molecule has 1 saturated heterocycles. The molecule has 1 spiro atoms. The second kappa shape index (κ2) is 8.39. The summed E-state index contributed by atoms with van der Waals surface area (Å²) in [4.78, 5) is 0. The van der Waals surface area contributed by atoms with E-state index in [1.165, 1.54) is 37.7 Å². The highest BCUT2D eigenvalue weighted by atomic mass is 16.7. The molecule has 1 heterocycles. The van der Waals surface area contributed by atoms with Gasteiger partial charge in [-0.3, -0.25) is 0 Å². The molecule has 4 heteroatoms. The molecule has 1 aliphatic heterocycles. The van der Waals surface area contributed by atoms with E-state index in [1.54, 1.807) is 12.7 Å². The minimum absolute atomic E-state index is 0.286. The molecule has 6 rings (SSSR count). The first kappa shape index (κ1) is 22.1. The number of rotatable bonds is 4. The number of benzene rings is 1. The fourth-order valence-electron chi connectivity index (χ4n) is 8.81. The highest BCUT2D eigenvalue weighted by Crippen LogP contribution is 2.66. The number of nitrogens with one attached hydrogen (secondary N) is 1. The maximum Gasteiger partial charge on any atom is 0.169 e. The quantitative estimate of drug-likeness (QED) is 0.598. The van der Waals surface area contributed by atoms with Gasteiger partial charge < -0.3 is 19.5 Å². The topological polar surface area (TPSA) is 39.7 Å². The van der Waals surface area contributed by atoms with E-state index in [0.29, 0.717) is 17.3 Å². The molecule has 4 nitrogen and oxygen atoms in total. The Balaban J connectivity index is 1.41. The van der Waals surface area contributed by atoms with Crippen molar-refractivity contribution in [1.29, 1.82) is 0 Å². The van der Waals surface area contributed by atoms with Crippen LogP contribution in [0.25, 0.3) is 0 Å². The Labute approximate surface area is 199 Å². The van der Waals surface area contributed by atoms with Crippen LogP contribution in [0.2, 0.25) is 0 Å². The van der Waals surface area contributed by atoms with Crippen LogP contribution in [0.4, 0.5) is 0 Å². The zero-order valence-electron chi connectivity index (χ0n) is 20.7. The standard InChI is InChI=1S/C29H41NO3/c1-28-17-25(19-4-8-22(31-3)9-5-19)27-23-12-13-29(32-14-15-33-29)16-20(23)6-10-24(27)26(28)11-7-21(28)18-30-2/h4-5,8-9,20-21,24-26,30H,6-7,10-18H2,1-3H3/t20-,21-,24-,25+,26-,28+/m0/s1. The molecule has 1 aromatic carbocycles. The van der Waals surface area contributed by atoms with Gasteiger partial charge in [-0.25, -0.2) is 0 Å². The van der Waals surface area contributed by atoms with Crippen LogP contribution in [0.15, 0.2) is 35.4 Å². The molecule has 0 aromatic heterocycles. The minimum Gasteiger partial charge on any atom is -0.497 e. The van der Waals surface area contributed by atoms with Crippen molar-refractivity contribution in [2.45, 2.75) is 70.0 Å². The van der Waals surface area contributed by atoms with Crippen LogP contribution in [-0.4, -0.2) is 39.7 Å². The summed E-state index contributed by atoms with van der Waals surface area (Å²) in [5.41, 5.74) is 5.53. The second-order valence-electron chi connectivity index (χ2n) is 11.6. The van der Waals surface area contributed by atoms with E-state index in [4.69, 9.17) is 14.2 Å².